The van der Waals surface area contributed by atoms with Gasteiger partial charge in [-0.05, 0) is 68.1 Å². The Morgan fingerprint density at radius 3 is 2.57 bits per heavy atom. The molecule has 3 aromatic rings. The van der Waals surface area contributed by atoms with Gasteiger partial charge in [-0.2, -0.15) is 0 Å². The lowest BCUT2D eigenvalue weighted by molar-refractivity contribution is 0.0675. The van der Waals surface area contributed by atoms with Crippen molar-refractivity contribution in [3.8, 4) is 5.69 Å². The van der Waals surface area contributed by atoms with Crippen LogP contribution in [0.1, 0.15) is 40.0 Å². The molecule has 0 unspecified atom stereocenters. The van der Waals surface area contributed by atoms with E-state index in [1.807, 2.05) is 36.1 Å². The minimum absolute atomic E-state index is 0.118. The average molecular weight is 371 g/mol. The summed E-state index contributed by atoms with van der Waals surface area (Å²) < 4.78 is 2.31. The van der Waals surface area contributed by atoms with Crippen LogP contribution in [-0.2, 0) is 5.54 Å². The van der Waals surface area contributed by atoms with Crippen molar-refractivity contribution < 1.29 is 4.79 Å². The van der Waals surface area contributed by atoms with Crippen LogP contribution < -0.4 is 5.32 Å². The first-order valence-corrected chi connectivity index (χ1v) is 9.99. The lowest BCUT2D eigenvalue weighted by Gasteiger charge is -2.46. The van der Waals surface area contributed by atoms with Crippen molar-refractivity contribution in [3.63, 3.8) is 0 Å². The normalized spacial score (nSPS) is 17.0. The number of amides is 1. The number of aromatic nitrogens is 1. The van der Waals surface area contributed by atoms with Crippen molar-refractivity contribution in [1.82, 2.24) is 9.47 Å². The third-order valence-corrected chi connectivity index (χ3v) is 6.30. The van der Waals surface area contributed by atoms with Gasteiger partial charge >= 0.3 is 0 Å². The Hall–Kier alpha value is -3.01. The molecule has 2 aliphatic rings. The van der Waals surface area contributed by atoms with E-state index in [-0.39, 0.29) is 11.4 Å². The minimum Gasteiger partial charge on any atom is -0.372 e. The summed E-state index contributed by atoms with van der Waals surface area (Å²) in [6, 6.07) is 18.8. The summed E-state index contributed by atoms with van der Waals surface area (Å²) in [5.41, 5.74) is 6.68. The standard InChI is InChI=1S/C24H25N3O/c1-17-9-10-21-20(16-17)25-24(22-8-5-13-27(21)22)11-14-26(15-12-24)23(28)19-7-4-3-6-18(19)2/h3-10,13,16,25H,11-12,14-15H2,1-2H3. The van der Waals surface area contributed by atoms with Gasteiger partial charge in [0.25, 0.3) is 5.91 Å². The number of hydrogen-bond acceptors (Lipinski definition) is 2. The predicted molar refractivity (Wildman–Crippen MR) is 112 cm³/mol. The van der Waals surface area contributed by atoms with Gasteiger partial charge in [0.15, 0.2) is 0 Å². The molecule has 1 saturated heterocycles. The Morgan fingerprint density at radius 2 is 1.79 bits per heavy atom. The second-order valence-electron chi connectivity index (χ2n) is 8.10. The Bertz CT molecular complexity index is 1060. The third-order valence-electron chi connectivity index (χ3n) is 6.30. The van der Waals surface area contributed by atoms with Gasteiger partial charge in [-0.25, -0.2) is 0 Å². The zero-order valence-electron chi connectivity index (χ0n) is 16.4. The maximum Gasteiger partial charge on any atom is 0.254 e. The fourth-order valence-electron chi connectivity index (χ4n) is 4.72. The van der Waals surface area contributed by atoms with E-state index in [1.165, 1.54) is 22.6 Å². The van der Waals surface area contributed by atoms with E-state index in [1.54, 1.807) is 0 Å². The highest BCUT2D eigenvalue weighted by molar-refractivity contribution is 5.95. The van der Waals surface area contributed by atoms with Crippen LogP contribution in [0.25, 0.3) is 5.69 Å². The number of rotatable bonds is 1. The molecule has 4 heteroatoms. The summed E-state index contributed by atoms with van der Waals surface area (Å²) in [7, 11) is 0. The van der Waals surface area contributed by atoms with Crippen LogP contribution in [0, 0.1) is 13.8 Å². The second kappa shape index (κ2) is 6.26. The monoisotopic (exact) mass is 371 g/mol. The lowest BCUT2D eigenvalue weighted by atomic mass is 9.82. The number of piperidine rings is 1. The van der Waals surface area contributed by atoms with E-state index >= 15 is 0 Å². The molecule has 1 amide bonds. The van der Waals surface area contributed by atoms with Gasteiger partial charge in [0.2, 0.25) is 0 Å². The average Bonchev–Trinajstić information content (AvgIpc) is 3.19. The number of hydrogen-bond donors (Lipinski definition) is 1. The first-order valence-electron chi connectivity index (χ1n) is 9.99. The molecule has 3 heterocycles. The molecule has 1 N–H and O–H groups in total. The van der Waals surface area contributed by atoms with Crippen molar-refractivity contribution in [2.24, 2.45) is 0 Å². The molecule has 1 spiro atoms. The SMILES string of the molecule is Cc1ccc2c(c1)NC1(CCN(C(=O)c3ccccc3C)CC1)c1cccn1-2. The van der Waals surface area contributed by atoms with Crippen LogP contribution in [0.5, 0.6) is 0 Å². The summed E-state index contributed by atoms with van der Waals surface area (Å²) in [4.78, 5) is 15.0. The van der Waals surface area contributed by atoms with Crippen LogP contribution in [0.2, 0.25) is 0 Å². The van der Waals surface area contributed by atoms with E-state index in [4.69, 9.17) is 0 Å². The van der Waals surface area contributed by atoms with Crippen LogP contribution in [0.3, 0.4) is 0 Å². The highest BCUT2D eigenvalue weighted by Crippen LogP contribution is 2.43. The van der Waals surface area contributed by atoms with Crippen molar-refractivity contribution in [2.75, 3.05) is 18.4 Å². The van der Waals surface area contributed by atoms with Gasteiger partial charge in [-0.1, -0.05) is 24.3 Å². The van der Waals surface area contributed by atoms with E-state index < -0.39 is 0 Å². The predicted octanol–water partition coefficient (Wildman–Crippen LogP) is 4.65. The Balaban J connectivity index is 1.43. The molecule has 0 bridgehead atoms. The molecule has 1 fully saturated rings. The highest BCUT2D eigenvalue weighted by Gasteiger charge is 2.42. The highest BCUT2D eigenvalue weighted by atomic mass is 16.2. The number of nitrogens with zero attached hydrogens (tertiary/aromatic N) is 2. The molecule has 2 aromatic carbocycles. The summed E-state index contributed by atoms with van der Waals surface area (Å²) in [5.74, 6) is 0.149. The van der Waals surface area contributed by atoms with E-state index in [0.717, 1.165) is 37.1 Å². The molecule has 0 radical (unpaired) electrons. The van der Waals surface area contributed by atoms with Crippen LogP contribution in [-0.4, -0.2) is 28.5 Å². The number of nitrogens with one attached hydrogen (secondary N) is 1. The molecular weight excluding hydrogens is 346 g/mol. The fourth-order valence-corrected chi connectivity index (χ4v) is 4.72. The zero-order valence-corrected chi connectivity index (χ0v) is 16.4. The maximum atomic E-state index is 13.0. The number of fused-ring (bicyclic) bond motifs is 4. The second-order valence-corrected chi connectivity index (χ2v) is 8.10. The van der Waals surface area contributed by atoms with Gasteiger partial charge in [0.05, 0.1) is 16.9 Å². The van der Waals surface area contributed by atoms with Gasteiger partial charge in [0, 0.05) is 30.5 Å². The molecule has 1 aromatic heterocycles. The molecule has 142 valence electrons. The Kier molecular flexibility index (Phi) is 3.83. The van der Waals surface area contributed by atoms with Crippen LogP contribution >= 0.6 is 0 Å². The zero-order chi connectivity index (χ0) is 19.3. The van der Waals surface area contributed by atoms with E-state index in [9.17, 15) is 4.79 Å². The van der Waals surface area contributed by atoms with E-state index in [2.05, 4.69) is 53.3 Å². The van der Waals surface area contributed by atoms with Crippen molar-refractivity contribution in [2.45, 2.75) is 32.2 Å². The Morgan fingerprint density at radius 1 is 1.00 bits per heavy atom. The summed E-state index contributed by atoms with van der Waals surface area (Å²) in [5, 5.41) is 3.85. The van der Waals surface area contributed by atoms with Crippen LogP contribution in [0.4, 0.5) is 5.69 Å². The molecule has 0 aliphatic carbocycles. The number of carbonyl (C=O) groups is 1. The van der Waals surface area contributed by atoms with Crippen LogP contribution in [0.15, 0.2) is 60.8 Å². The molecule has 0 atom stereocenters. The van der Waals surface area contributed by atoms with Crippen molar-refractivity contribution >= 4 is 11.6 Å². The fraction of sp³-hybridized carbons (Fsp3) is 0.292. The molecular formula is C24H25N3O. The number of benzene rings is 2. The Labute approximate surface area is 165 Å². The first-order chi connectivity index (χ1) is 13.6. The van der Waals surface area contributed by atoms with Crippen molar-refractivity contribution in [3.05, 3.63) is 83.2 Å². The number of likely N-dealkylation sites (tertiary alicyclic amines) is 1. The third kappa shape index (κ3) is 2.55. The first kappa shape index (κ1) is 17.1. The lowest BCUT2D eigenvalue weighted by Crippen LogP contribution is -2.51. The van der Waals surface area contributed by atoms with Gasteiger partial charge in [-0.15, -0.1) is 0 Å². The van der Waals surface area contributed by atoms with Crippen molar-refractivity contribution in [1.29, 1.82) is 0 Å². The summed E-state index contributed by atoms with van der Waals surface area (Å²) in [6.45, 7) is 5.65. The number of anilines is 1. The number of carbonyl (C=O) groups excluding carboxylic acids is 1. The number of aryl methyl sites for hydroxylation is 2. The molecule has 5 rings (SSSR count). The maximum absolute atomic E-state index is 13.0. The van der Waals surface area contributed by atoms with Gasteiger partial charge < -0.3 is 14.8 Å². The molecule has 4 nitrogen and oxygen atoms in total. The molecule has 28 heavy (non-hydrogen) atoms. The topological polar surface area (TPSA) is 37.3 Å². The summed E-state index contributed by atoms with van der Waals surface area (Å²) >= 11 is 0. The molecule has 0 saturated carbocycles. The quantitative estimate of drug-likeness (QED) is 0.676. The van der Waals surface area contributed by atoms with Gasteiger partial charge in [-0.3, -0.25) is 4.79 Å². The van der Waals surface area contributed by atoms with Gasteiger partial charge in [0.1, 0.15) is 0 Å². The largest absolute Gasteiger partial charge is 0.372 e. The minimum atomic E-state index is -0.118. The van der Waals surface area contributed by atoms with E-state index in [0.29, 0.717) is 0 Å². The smallest absolute Gasteiger partial charge is 0.254 e. The molecule has 2 aliphatic heterocycles. The summed E-state index contributed by atoms with van der Waals surface area (Å²) in [6.07, 6.45) is 3.96.